The summed E-state index contributed by atoms with van der Waals surface area (Å²) in [6.07, 6.45) is 7.39. The number of guanidine groups is 1. The molecule has 0 amide bonds. The number of aromatic nitrogens is 2. The number of likely N-dealkylation sites (tertiary alicyclic amines) is 1. The van der Waals surface area contributed by atoms with Gasteiger partial charge in [0, 0.05) is 59.1 Å². The maximum atomic E-state index is 5.46. The molecule has 1 atom stereocenters. The summed E-state index contributed by atoms with van der Waals surface area (Å²) >= 11 is 0. The average Bonchev–Trinajstić information content (AvgIpc) is 3.25. The molecule has 2 fully saturated rings. The molecule has 2 aliphatic rings. The highest BCUT2D eigenvalue weighted by molar-refractivity contribution is 5.80. The van der Waals surface area contributed by atoms with Crippen LogP contribution in [0.3, 0.4) is 0 Å². The minimum Gasteiger partial charge on any atom is -0.379 e. The predicted molar refractivity (Wildman–Crippen MR) is 95.3 cm³/mol. The SMILES string of the molecule is CN=C(NCCCc1cnn(C)c1)N1CCC(N2CCOCC2)C1. The van der Waals surface area contributed by atoms with E-state index in [9.17, 15) is 0 Å². The Kier molecular flexibility index (Phi) is 6.09. The molecule has 1 unspecified atom stereocenters. The van der Waals surface area contributed by atoms with Crippen molar-refractivity contribution in [2.75, 3.05) is 53.0 Å². The molecule has 1 aromatic heterocycles. The van der Waals surface area contributed by atoms with E-state index in [4.69, 9.17) is 4.74 Å². The van der Waals surface area contributed by atoms with Crippen molar-refractivity contribution < 1.29 is 4.74 Å². The monoisotopic (exact) mass is 334 g/mol. The molecule has 2 saturated heterocycles. The Morgan fingerprint density at radius 1 is 1.38 bits per heavy atom. The lowest BCUT2D eigenvalue weighted by Gasteiger charge is -2.32. The van der Waals surface area contributed by atoms with E-state index in [1.54, 1.807) is 0 Å². The van der Waals surface area contributed by atoms with Gasteiger partial charge in [0.1, 0.15) is 0 Å². The summed E-state index contributed by atoms with van der Waals surface area (Å²) in [6, 6.07) is 0.642. The molecule has 7 nitrogen and oxygen atoms in total. The second kappa shape index (κ2) is 8.48. The lowest BCUT2D eigenvalue weighted by atomic mass is 10.2. The normalized spacial score (nSPS) is 23.0. The summed E-state index contributed by atoms with van der Waals surface area (Å²) in [5.74, 6) is 1.04. The van der Waals surface area contributed by atoms with Gasteiger partial charge in [0.15, 0.2) is 5.96 Å². The first-order valence-corrected chi connectivity index (χ1v) is 9.01. The highest BCUT2D eigenvalue weighted by Gasteiger charge is 2.30. The first kappa shape index (κ1) is 17.2. The summed E-state index contributed by atoms with van der Waals surface area (Å²) in [7, 11) is 3.84. The molecular weight excluding hydrogens is 304 g/mol. The second-order valence-electron chi connectivity index (χ2n) is 6.64. The van der Waals surface area contributed by atoms with Crippen molar-refractivity contribution >= 4 is 5.96 Å². The minimum atomic E-state index is 0.642. The maximum absolute atomic E-state index is 5.46. The zero-order valence-corrected chi connectivity index (χ0v) is 14.9. The molecule has 0 spiro atoms. The fraction of sp³-hybridized carbons (Fsp3) is 0.765. The van der Waals surface area contributed by atoms with E-state index in [1.807, 2.05) is 25.0 Å². The van der Waals surface area contributed by atoms with Crippen LogP contribution in [0.1, 0.15) is 18.4 Å². The number of hydrogen-bond acceptors (Lipinski definition) is 4. The number of hydrogen-bond donors (Lipinski definition) is 1. The summed E-state index contributed by atoms with van der Waals surface area (Å²) in [5.41, 5.74) is 1.29. The molecular formula is C17H30N6O. The maximum Gasteiger partial charge on any atom is 0.193 e. The molecule has 0 bridgehead atoms. The summed E-state index contributed by atoms with van der Waals surface area (Å²) in [4.78, 5) is 9.43. The largest absolute Gasteiger partial charge is 0.379 e. The number of aryl methyl sites for hydroxylation is 2. The van der Waals surface area contributed by atoms with Crippen LogP contribution in [0, 0.1) is 0 Å². The molecule has 3 rings (SSSR count). The van der Waals surface area contributed by atoms with Crippen LogP contribution in [-0.2, 0) is 18.2 Å². The van der Waals surface area contributed by atoms with Crippen molar-refractivity contribution in [1.29, 1.82) is 0 Å². The summed E-state index contributed by atoms with van der Waals surface area (Å²) in [5, 5.41) is 7.73. The third-order valence-corrected chi connectivity index (χ3v) is 4.92. The van der Waals surface area contributed by atoms with Crippen molar-refractivity contribution in [3.05, 3.63) is 18.0 Å². The highest BCUT2D eigenvalue weighted by atomic mass is 16.5. The second-order valence-corrected chi connectivity index (χ2v) is 6.64. The van der Waals surface area contributed by atoms with Crippen LogP contribution in [-0.4, -0.2) is 84.6 Å². The van der Waals surface area contributed by atoms with Crippen molar-refractivity contribution in [1.82, 2.24) is 24.9 Å². The summed E-state index contributed by atoms with van der Waals surface area (Å²) in [6.45, 7) is 6.98. The Labute approximate surface area is 144 Å². The lowest BCUT2D eigenvalue weighted by Crippen LogP contribution is -2.46. The van der Waals surface area contributed by atoms with E-state index in [0.717, 1.165) is 64.7 Å². The van der Waals surface area contributed by atoms with Gasteiger partial charge in [0.25, 0.3) is 0 Å². The van der Waals surface area contributed by atoms with Gasteiger partial charge in [-0.15, -0.1) is 0 Å². The van der Waals surface area contributed by atoms with E-state index >= 15 is 0 Å². The number of ether oxygens (including phenoxy) is 1. The van der Waals surface area contributed by atoms with Gasteiger partial charge in [-0.05, 0) is 24.8 Å². The van der Waals surface area contributed by atoms with Crippen molar-refractivity contribution in [2.45, 2.75) is 25.3 Å². The zero-order valence-electron chi connectivity index (χ0n) is 14.9. The van der Waals surface area contributed by atoms with Gasteiger partial charge < -0.3 is 15.0 Å². The lowest BCUT2D eigenvalue weighted by molar-refractivity contribution is 0.0195. The van der Waals surface area contributed by atoms with Crippen LogP contribution in [0.25, 0.3) is 0 Å². The molecule has 24 heavy (non-hydrogen) atoms. The smallest absolute Gasteiger partial charge is 0.193 e. The van der Waals surface area contributed by atoms with Gasteiger partial charge in [-0.1, -0.05) is 0 Å². The topological polar surface area (TPSA) is 57.9 Å². The van der Waals surface area contributed by atoms with E-state index < -0.39 is 0 Å². The Balaban J connectivity index is 1.39. The van der Waals surface area contributed by atoms with E-state index in [1.165, 1.54) is 12.0 Å². The molecule has 2 aliphatic heterocycles. The van der Waals surface area contributed by atoms with Crippen LogP contribution in [0.2, 0.25) is 0 Å². The number of morpholine rings is 1. The Morgan fingerprint density at radius 3 is 2.92 bits per heavy atom. The number of nitrogens with zero attached hydrogens (tertiary/aromatic N) is 5. The van der Waals surface area contributed by atoms with Gasteiger partial charge in [-0.2, -0.15) is 5.10 Å². The molecule has 0 aromatic carbocycles. The standard InChI is InChI=1S/C17H30N6O/c1-18-17(19-6-3-4-15-12-20-21(2)13-15)23-7-5-16(14-23)22-8-10-24-11-9-22/h12-13,16H,3-11,14H2,1-2H3,(H,18,19). The van der Waals surface area contributed by atoms with Gasteiger partial charge in [0.2, 0.25) is 0 Å². The molecule has 3 heterocycles. The van der Waals surface area contributed by atoms with Gasteiger partial charge in [0.05, 0.1) is 19.4 Å². The van der Waals surface area contributed by atoms with Crippen molar-refractivity contribution in [2.24, 2.45) is 12.0 Å². The third kappa shape index (κ3) is 4.48. The molecule has 0 aliphatic carbocycles. The quantitative estimate of drug-likeness (QED) is 0.478. The van der Waals surface area contributed by atoms with Gasteiger partial charge in [-0.25, -0.2) is 0 Å². The summed E-state index contributed by atoms with van der Waals surface area (Å²) < 4.78 is 7.32. The van der Waals surface area contributed by atoms with Gasteiger partial charge in [-0.3, -0.25) is 14.6 Å². The van der Waals surface area contributed by atoms with E-state index in [-0.39, 0.29) is 0 Å². The highest BCUT2D eigenvalue weighted by Crippen LogP contribution is 2.17. The van der Waals surface area contributed by atoms with Crippen molar-refractivity contribution in [3.63, 3.8) is 0 Å². The van der Waals surface area contributed by atoms with E-state index in [2.05, 4.69) is 31.4 Å². The predicted octanol–water partition coefficient (Wildman–Crippen LogP) is 0.335. The first-order valence-electron chi connectivity index (χ1n) is 9.01. The molecule has 0 radical (unpaired) electrons. The number of nitrogens with one attached hydrogen (secondary N) is 1. The van der Waals surface area contributed by atoms with E-state index in [0.29, 0.717) is 6.04 Å². The van der Waals surface area contributed by atoms with Crippen LogP contribution in [0.5, 0.6) is 0 Å². The fourth-order valence-corrected chi connectivity index (χ4v) is 3.60. The zero-order chi connectivity index (χ0) is 16.8. The van der Waals surface area contributed by atoms with Crippen LogP contribution in [0.15, 0.2) is 17.4 Å². The first-order chi connectivity index (χ1) is 11.8. The Hall–Kier alpha value is -1.60. The molecule has 134 valence electrons. The molecule has 1 N–H and O–H groups in total. The number of rotatable bonds is 5. The van der Waals surface area contributed by atoms with Gasteiger partial charge >= 0.3 is 0 Å². The third-order valence-electron chi connectivity index (χ3n) is 4.92. The van der Waals surface area contributed by atoms with Crippen LogP contribution < -0.4 is 5.32 Å². The van der Waals surface area contributed by atoms with Crippen molar-refractivity contribution in [3.8, 4) is 0 Å². The average molecular weight is 334 g/mol. The Morgan fingerprint density at radius 2 is 2.21 bits per heavy atom. The molecule has 0 saturated carbocycles. The minimum absolute atomic E-state index is 0.642. The van der Waals surface area contributed by atoms with Crippen LogP contribution in [0.4, 0.5) is 0 Å². The molecule has 1 aromatic rings. The van der Waals surface area contributed by atoms with Crippen LogP contribution >= 0.6 is 0 Å². The Bertz CT molecular complexity index is 537. The fourth-order valence-electron chi connectivity index (χ4n) is 3.60. The number of aliphatic imine (C=N–C) groups is 1. The molecule has 7 heteroatoms.